The zero-order valence-electron chi connectivity index (χ0n) is 26.9. The van der Waals surface area contributed by atoms with Gasteiger partial charge in [-0.3, -0.25) is 4.79 Å². The van der Waals surface area contributed by atoms with Crippen LogP contribution in [0.3, 0.4) is 0 Å². The van der Waals surface area contributed by atoms with Crippen LogP contribution >= 0.6 is 11.3 Å². The van der Waals surface area contributed by atoms with E-state index in [9.17, 15) is 4.79 Å². The normalized spacial score (nSPS) is 11.4. The number of para-hydroxylation sites is 1. The zero-order valence-corrected chi connectivity index (χ0v) is 27.7. The first-order chi connectivity index (χ1) is 24.2. The number of hydrogen-bond acceptors (Lipinski definition) is 3. The maximum Gasteiger partial charge on any atom is 0.150 e. The molecule has 0 aliphatic heterocycles. The van der Waals surface area contributed by atoms with Crippen molar-refractivity contribution in [3.05, 3.63) is 169 Å². The Balaban J connectivity index is 1.20. The molecule has 0 atom stereocenters. The Labute approximate surface area is 289 Å². The maximum absolute atomic E-state index is 11.9. The van der Waals surface area contributed by atoms with Gasteiger partial charge in [-0.1, -0.05) is 140 Å². The molecule has 0 N–H and O–H groups in total. The number of benzene rings is 8. The van der Waals surface area contributed by atoms with Crippen LogP contribution < -0.4 is 4.90 Å². The van der Waals surface area contributed by atoms with Crippen LogP contribution in [0.15, 0.2) is 164 Å². The van der Waals surface area contributed by atoms with Crippen LogP contribution in [-0.4, -0.2) is 13.3 Å². The molecule has 9 aromatic rings. The van der Waals surface area contributed by atoms with Crippen LogP contribution in [0.5, 0.6) is 0 Å². The minimum absolute atomic E-state index is 0.685. The molecule has 9 rings (SSSR count). The molecule has 2 nitrogen and oxygen atoms in total. The van der Waals surface area contributed by atoms with E-state index in [1.54, 1.807) is 0 Å². The van der Waals surface area contributed by atoms with Crippen molar-refractivity contribution in [2.24, 2.45) is 0 Å². The highest BCUT2D eigenvalue weighted by atomic mass is 32.1. The average Bonchev–Trinajstić information content (AvgIpc) is 3.56. The standard InChI is InChI=1S/C46H31NOS/c1-47(42-23-10-8-15-34(42)33-14-3-2-13-31(33)29-48)32-27-25-30(26-28-32)44-36-17-4-6-19-38(36)45(39-20-7-5-18-37(39)44)41-22-12-21-40-35-16-9-11-24-43(35)49-46(40)41/h2-29H,1H3. The topological polar surface area (TPSA) is 20.3 Å². The summed E-state index contributed by atoms with van der Waals surface area (Å²) in [6, 6.07) is 58.2. The third-order valence-corrected chi connectivity index (χ3v) is 11.0. The minimum atomic E-state index is 0.685. The molecule has 1 heterocycles. The first-order valence-corrected chi connectivity index (χ1v) is 17.3. The summed E-state index contributed by atoms with van der Waals surface area (Å²) in [7, 11) is 2.09. The molecule has 0 radical (unpaired) electrons. The molecule has 0 spiro atoms. The van der Waals surface area contributed by atoms with Gasteiger partial charge >= 0.3 is 0 Å². The minimum Gasteiger partial charge on any atom is -0.344 e. The number of fused-ring (bicyclic) bond motifs is 5. The Bertz CT molecular complexity index is 2650. The Morgan fingerprint density at radius 2 is 1.00 bits per heavy atom. The van der Waals surface area contributed by atoms with Gasteiger partial charge in [0.25, 0.3) is 0 Å². The molecule has 232 valence electrons. The van der Waals surface area contributed by atoms with Crippen molar-refractivity contribution < 1.29 is 4.79 Å². The van der Waals surface area contributed by atoms with Crippen molar-refractivity contribution in [3.8, 4) is 33.4 Å². The molecule has 49 heavy (non-hydrogen) atoms. The lowest BCUT2D eigenvalue weighted by Crippen LogP contribution is -2.10. The summed E-state index contributed by atoms with van der Waals surface area (Å²) in [6.07, 6.45) is 0.934. The predicted molar refractivity (Wildman–Crippen MR) is 211 cm³/mol. The van der Waals surface area contributed by atoms with Gasteiger partial charge < -0.3 is 4.90 Å². The van der Waals surface area contributed by atoms with Gasteiger partial charge in [0.1, 0.15) is 0 Å². The smallest absolute Gasteiger partial charge is 0.150 e. The van der Waals surface area contributed by atoms with E-state index in [1.165, 1.54) is 64.0 Å². The van der Waals surface area contributed by atoms with Crippen LogP contribution in [0.25, 0.3) is 75.1 Å². The maximum atomic E-state index is 11.9. The first kappa shape index (κ1) is 29.1. The Hall–Kier alpha value is -6.03. The summed E-state index contributed by atoms with van der Waals surface area (Å²) in [6.45, 7) is 0. The second-order valence-electron chi connectivity index (χ2n) is 12.4. The highest BCUT2D eigenvalue weighted by Crippen LogP contribution is 2.48. The fourth-order valence-electron chi connectivity index (χ4n) is 7.50. The van der Waals surface area contributed by atoms with E-state index in [4.69, 9.17) is 0 Å². The summed E-state index contributed by atoms with van der Waals surface area (Å²) >= 11 is 1.88. The molecule has 0 unspecified atom stereocenters. The number of rotatable bonds is 6. The van der Waals surface area contributed by atoms with Crippen molar-refractivity contribution in [1.82, 2.24) is 0 Å². The summed E-state index contributed by atoms with van der Waals surface area (Å²) in [5.41, 5.74) is 9.74. The Kier molecular flexibility index (Phi) is 7.07. The summed E-state index contributed by atoms with van der Waals surface area (Å²) < 4.78 is 2.64. The van der Waals surface area contributed by atoms with Crippen LogP contribution in [0.1, 0.15) is 10.4 Å². The quantitative estimate of drug-likeness (QED) is 0.132. The average molecular weight is 646 g/mol. The molecule has 0 saturated carbocycles. The van der Waals surface area contributed by atoms with E-state index in [2.05, 4.69) is 139 Å². The number of carbonyl (C=O) groups is 1. The molecule has 0 amide bonds. The van der Waals surface area contributed by atoms with Crippen molar-refractivity contribution >= 4 is 70.7 Å². The van der Waals surface area contributed by atoms with E-state index in [0.29, 0.717) is 5.56 Å². The molecule has 0 bridgehead atoms. The number of anilines is 2. The molecule has 0 fully saturated rings. The monoisotopic (exact) mass is 645 g/mol. The largest absolute Gasteiger partial charge is 0.344 e. The molecule has 3 heteroatoms. The van der Waals surface area contributed by atoms with E-state index in [1.807, 2.05) is 47.7 Å². The van der Waals surface area contributed by atoms with Crippen molar-refractivity contribution in [2.75, 3.05) is 11.9 Å². The number of nitrogens with zero attached hydrogens (tertiary/aromatic N) is 1. The van der Waals surface area contributed by atoms with Gasteiger partial charge in [0.05, 0.1) is 0 Å². The third kappa shape index (κ3) is 4.74. The zero-order chi connectivity index (χ0) is 32.9. The van der Waals surface area contributed by atoms with Gasteiger partial charge in [-0.15, -0.1) is 11.3 Å². The molecule has 0 saturated heterocycles. The SMILES string of the molecule is CN(c1ccc(-c2c3ccccc3c(-c3cccc4c3sc3ccccc34)c3ccccc23)cc1)c1ccccc1-c1ccccc1C=O. The lowest BCUT2D eigenvalue weighted by Gasteiger charge is -2.24. The number of carbonyl (C=O) groups excluding carboxylic acids is 1. The number of aldehydes is 1. The van der Waals surface area contributed by atoms with Crippen molar-refractivity contribution in [3.63, 3.8) is 0 Å². The molecule has 0 aliphatic carbocycles. The summed E-state index contributed by atoms with van der Waals surface area (Å²) in [5.74, 6) is 0. The summed E-state index contributed by atoms with van der Waals surface area (Å²) in [4.78, 5) is 14.1. The summed E-state index contributed by atoms with van der Waals surface area (Å²) in [5, 5.41) is 7.62. The Morgan fingerprint density at radius 1 is 0.469 bits per heavy atom. The number of hydrogen-bond donors (Lipinski definition) is 0. The lowest BCUT2D eigenvalue weighted by atomic mass is 9.85. The van der Waals surface area contributed by atoms with Gasteiger partial charge in [0, 0.05) is 55.3 Å². The molecular formula is C46H31NOS. The van der Waals surface area contributed by atoms with Crippen LogP contribution in [0, 0.1) is 0 Å². The van der Waals surface area contributed by atoms with Gasteiger partial charge in [-0.25, -0.2) is 0 Å². The second-order valence-corrected chi connectivity index (χ2v) is 13.5. The van der Waals surface area contributed by atoms with E-state index >= 15 is 0 Å². The molecule has 8 aromatic carbocycles. The second kappa shape index (κ2) is 11.9. The van der Waals surface area contributed by atoms with Gasteiger partial charge in [-0.2, -0.15) is 0 Å². The van der Waals surface area contributed by atoms with Gasteiger partial charge in [-0.05, 0) is 68.1 Å². The fourth-order valence-corrected chi connectivity index (χ4v) is 8.73. The molecular weight excluding hydrogens is 615 g/mol. The van der Waals surface area contributed by atoms with E-state index in [0.717, 1.165) is 28.8 Å². The number of thiophene rings is 1. The molecule has 1 aromatic heterocycles. The van der Waals surface area contributed by atoms with E-state index < -0.39 is 0 Å². The highest BCUT2D eigenvalue weighted by Gasteiger charge is 2.20. The van der Waals surface area contributed by atoms with E-state index in [-0.39, 0.29) is 0 Å². The van der Waals surface area contributed by atoms with Crippen LogP contribution in [-0.2, 0) is 0 Å². The van der Waals surface area contributed by atoms with Crippen LogP contribution in [0.4, 0.5) is 11.4 Å². The van der Waals surface area contributed by atoms with Gasteiger partial charge in [0.2, 0.25) is 0 Å². The van der Waals surface area contributed by atoms with Crippen LogP contribution in [0.2, 0.25) is 0 Å². The predicted octanol–water partition coefficient (Wildman–Crippen LogP) is 12.9. The van der Waals surface area contributed by atoms with Crippen molar-refractivity contribution in [2.45, 2.75) is 0 Å². The third-order valence-electron chi connectivity index (χ3n) is 9.79. The highest BCUT2D eigenvalue weighted by molar-refractivity contribution is 7.26. The van der Waals surface area contributed by atoms with Gasteiger partial charge in [0.15, 0.2) is 6.29 Å². The lowest BCUT2D eigenvalue weighted by molar-refractivity contribution is 0.112. The first-order valence-electron chi connectivity index (χ1n) is 16.5. The molecule has 0 aliphatic rings. The van der Waals surface area contributed by atoms with Crippen molar-refractivity contribution in [1.29, 1.82) is 0 Å². The Morgan fingerprint density at radius 3 is 1.69 bits per heavy atom. The fraction of sp³-hybridized carbons (Fsp3) is 0.0217.